The van der Waals surface area contributed by atoms with Crippen LogP contribution in [0.2, 0.25) is 10.0 Å². The van der Waals surface area contributed by atoms with Crippen LogP contribution < -0.4 is 73.1 Å². The first-order valence-electron chi connectivity index (χ1n) is 43.6. The molecule has 7 aliphatic heterocycles. The number of carbonyl (C=O) groups excluding carboxylic acids is 8. The number of halogens is 2. The van der Waals surface area contributed by atoms with Crippen molar-refractivity contribution >= 4 is 76.4 Å². The van der Waals surface area contributed by atoms with Crippen LogP contribution in [-0.4, -0.2) is 273 Å². The lowest BCUT2D eigenvalue weighted by Gasteiger charge is -2.49. The second-order valence-electron chi connectivity index (χ2n) is 33.6. The third-order valence-electron chi connectivity index (χ3n) is 23.7. The molecule has 43 heteroatoms. The van der Waals surface area contributed by atoms with Crippen molar-refractivity contribution in [3.63, 3.8) is 0 Å². The van der Waals surface area contributed by atoms with Gasteiger partial charge in [-0.05, 0) is 128 Å². The summed E-state index contributed by atoms with van der Waals surface area (Å²) in [5.41, 5.74) is 0.862. The molecular weight excluding hydrogens is 1760 g/mol. The Morgan fingerprint density at radius 2 is 1.26 bits per heavy atom. The number of nitrogens with two attached hydrogens (primary N) is 1. The molecule has 21 atom stereocenters. The van der Waals surface area contributed by atoms with Crippen molar-refractivity contribution in [3.8, 4) is 57.1 Å². The van der Waals surface area contributed by atoms with Gasteiger partial charge in [-0.25, -0.2) is 4.79 Å². The first kappa shape index (κ1) is 103. The van der Waals surface area contributed by atoms with Crippen LogP contribution in [0.25, 0.3) is 11.1 Å². The molecule has 0 radical (unpaired) electrons. The molecule has 11 bridgehead atoms. The van der Waals surface area contributed by atoms with E-state index in [2.05, 4.69) is 60.1 Å². The number of aromatic hydroxyl groups is 3. The number of phenols is 3. The Morgan fingerprint density at radius 1 is 0.641 bits per heavy atom. The third kappa shape index (κ3) is 25.5. The minimum Gasteiger partial charge on any atom is -0.507 e. The normalized spacial score (nSPS) is 26.1. The first-order chi connectivity index (χ1) is 62.3. The predicted octanol–water partition coefficient (Wildman–Crippen LogP) is 0.691. The molecular formula is C88H119Cl2N11O30. The van der Waals surface area contributed by atoms with E-state index in [4.69, 9.17) is 62.5 Å². The summed E-state index contributed by atoms with van der Waals surface area (Å²) < 4.78 is 39.7. The summed E-state index contributed by atoms with van der Waals surface area (Å²) in [4.78, 5) is 132. The molecule has 2 saturated heterocycles. The van der Waals surface area contributed by atoms with Gasteiger partial charge < -0.3 is 164 Å². The average molecular weight is 1880 g/mol. The highest BCUT2D eigenvalue weighted by molar-refractivity contribution is 6.32. The largest absolute Gasteiger partial charge is 0.507 e. The lowest BCUT2D eigenvalue weighted by atomic mass is 9.81. The maximum absolute atomic E-state index is 16.4. The lowest BCUT2D eigenvalue weighted by molar-refractivity contribution is -0.335. The molecule has 720 valence electrons. The van der Waals surface area contributed by atoms with Crippen molar-refractivity contribution in [1.29, 1.82) is 0 Å². The number of carbonyl (C=O) groups is 9. The topological polar surface area (TPSA) is 659 Å². The van der Waals surface area contributed by atoms with Crippen molar-refractivity contribution in [3.05, 3.63) is 116 Å². The molecule has 27 N–H and O–H groups in total. The summed E-state index contributed by atoms with van der Waals surface area (Å²) in [5.74, 6) is -17.9. The first-order valence-corrected chi connectivity index (χ1v) is 44.4. The van der Waals surface area contributed by atoms with Crippen LogP contribution in [0.5, 0.6) is 46.0 Å². The van der Waals surface area contributed by atoms with Crippen LogP contribution >= 0.6 is 23.2 Å². The van der Waals surface area contributed by atoms with Crippen molar-refractivity contribution in [2.24, 2.45) is 11.7 Å². The van der Waals surface area contributed by atoms with Crippen LogP contribution in [0.3, 0.4) is 0 Å². The van der Waals surface area contributed by atoms with Crippen molar-refractivity contribution < 1.29 is 148 Å². The SMILES string of the molecule is CCCCCCCCCCNCCNC1(CC)C[C@H](O[C@@H]2C(O)C(O)[C@@H](CO)O[C@H]2Oc2c3cc4cc2Oc2ccc(cc2Cl)[C@@H](O)[C@@H](NC(=O)CCC(C)C)C(=O)N[C@@H](CC(N)=O)C(=O)N[C@H]4C(=O)N[C@@H]2C(=O)N[C@H](C(=O)N[C@H](C(=O)O)c4cc(O)c(CNCCCNC(=O)[C@H](O)[C@@H](O)[C@H](O)[C@H](O)CO)c(O)c4-c4cc2ccc4O)[C@H](O)c2ccc(c(Cl)c2)O3)O[C@@H](C)[C@H]1O. The maximum Gasteiger partial charge on any atom is 0.330 e. The quantitative estimate of drug-likeness (QED) is 0.0243. The molecule has 7 aliphatic rings. The zero-order chi connectivity index (χ0) is 95.6. The number of carboxylic acid groups (broad SMARTS) is 1. The second-order valence-corrected chi connectivity index (χ2v) is 34.5. The molecule has 8 amide bonds. The van der Waals surface area contributed by atoms with Gasteiger partial charge in [0.25, 0.3) is 5.91 Å². The summed E-state index contributed by atoms with van der Waals surface area (Å²) in [7, 11) is 0. The molecule has 0 spiro atoms. The fourth-order valence-electron chi connectivity index (χ4n) is 16.2. The molecule has 12 rings (SSSR count). The molecule has 131 heavy (non-hydrogen) atoms. The Labute approximate surface area is 763 Å². The Hall–Kier alpha value is -9.97. The number of aliphatic hydroxyl groups excluding tert-OH is 11. The number of phenolic OH excluding ortho intramolecular Hbond substituents is 3. The number of aliphatic carboxylic acids is 1. The number of benzene rings is 5. The van der Waals surface area contributed by atoms with E-state index in [1.165, 1.54) is 31.4 Å². The summed E-state index contributed by atoms with van der Waals surface area (Å²) in [6, 6.07) is -1.16. The summed E-state index contributed by atoms with van der Waals surface area (Å²) in [5, 5.41) is 195. The van der Waals surface area contributed by atoms with Gasteiger partial charge in [-0.3, -0.25) is 38.4 Å². The Balaban J connectivity index is 1.13. The number of fused-ring (bicyclic) bond motifs is 15. The molecule has 5 aromatic rings. The van der Waals surface area contributed by atoms with E-state index in [0.29, 0.717) is 19.5 Å². The van der Waals surface area contributed by atoms with Crippen LogP contribution in [0.15, 0.2) is 72.8 Å². The fourth-order valence-corrected chi connectivity index (χ4v) is 16.6. The van der Waals surface area contributed by atoms with Gasteiger partial charge in [-0.2, -0.15) is 0 Å². The van der Waals surface area contributed by atoms with Crippen LogP contribution in [0.1, 0.15) is 188 Å². The Kier molecular flexibility index (Phi) is 37.1. The highest BCUT2D eigenvalue weighted by Crippen LogP contribution is 2.51. The van der Waals surface area contributed by atoms with Gasteiger partial charge in [0.1, 0.15) is 108 Å². The third-order valence-corrected chi connectivity index (χ3v) is 24.3. The van der Waals surface area contributed by atoms with Gasteiger partial charge in [-0.1, -0.05) is 114 Å². The number of amides is 8. The van der Waals surface area contributed by atoms with Gasteiger partial charge in [0.2, 0.25) is 53.4 Å². The van der Waals surface area contributed by atoms with Crippen molar-refractivity contribution in [1.82, 2.24) is 53.2 Å². The van der Waals surface area contributed by atoms with Crippen LogP contribution in [0.4, 0.5) is 0 Å². The number of nitrogens with one attached hydrogen (secondary N) is 10. The molecule has 0 aliphatic carbocycles. The zero-order valence-electron chi connectivity index (χ0n) is 72.8. The van der Waals surface area contributed by atoms with E-state index in [9.17, 15) is 95.5 Å². The van der Waals surface area contributed by atoms with Crippen LogP contribution in [-0.2, 0) is 63.9 Å². The minimum absolute atomic E-state index is 0.0118. The number of primary amides is 1. The molecule has 2 fully saturated rings. The van der Waals surface area contributed by atoms with E-state index in [0.717, 1.165) is 99.3 Å². The Bertz CT molecular complexity index is 4850. The number of carboxylic acids is 1. The van der Waals surface area contributed by atoms with Gasteiger partial charge in [-0.15, -0.1) is 0 Å². The van der Waals surface area contributed by atoms with Gasteiger partial charge in [0.15, 0.2) is 36.0 Å². The molecule has 5 aromatic carbocycles. The van der Waals surface area contributed by atoms with Crippen molar-refractivity contribution in [2.45, 2.75) is 259 Å². The highest BCUT2D eigenvalue weighted by Gasteiger charge is 2.53. The van der Waals surface area contributed by atoms with E-state index < -0.39 is 286 Å². The smallest absolute Gasteiger partial charge is 0.330 e. The Morgan fingerprint density at radius 3 is 1.88 bits per heavy atom. The summed E-state index contributed by atoms with van der Waals surface area (Å²) in [6.07, 6.45) is -17.9. The van der Waals surface area contributed by atoms with Gasteiger partial charge in [0.05, 0.1) is 53.0 Å². The predicted molar refractivity (Wildman–Crippen MR) is 465 cm³/mol. The molecule has 0 aromatic heterocycles. The van der Waals surface area contributed by atoms with Crippen molar-refractivity contribution in [2.75, 3.05) is 45.9 Å². The summed E-state index contributed by atoms with van der Waals surface area (Å²) in [6.45, 7) is 7.97. The number of ether oxygens (including phenoxy) is 6. The lowest BCUT2D eigenvalue weighted by Crippen LogP contribution is -2.66. The molecule has 3 unspecified atom stereocenters. The van der Waals surface area contributed by atoms with Gasteiger partial charge >= 0.3 is 5.97 Å². The zero-order valence-corrected chi connectivity index (χ0v) is 74.3. The van der Waals surface area contributed by atoms with E-state index in [1.807, 2.05) is 20.8 Å². The monoisotopic (exact) mass is 1880 g/mol. The number of aliphatic hydroxyl groups is 11. The highest BCUT2D eigenvalue weighted by atomic mass is 35.5. The molecule has 41 nitrogen and oxygen atoms in total. The van der Waals surface area contributed by atoms with E-state index >= 15 is 19.2 Å². The summed E-state index contributed by atoms with van der Waals surface area (Å²) >= 11 is 14.4. The number of rotatable bonds is 37. The van der Waals surface area contributed by atoms with Crippen LogP contribution in [0, 0.1) is 5.92 Å². The standard InChI is InChI=1S/C88H119Cl2N11O30/c1-6-8-9-10-11-12-13-14-24-92-27-28-95-88(7-2)36-62(126-41(5)79(88)117)130-78-75(115)73(113)59(39-103)129-87(78)131-77-57-32-45-33-58(77)128-56-22-19-44(31-50(56)90)70(110)68-84(122)100-66(86(124)125)47-34-53(105)48(37-93-25-15-26-94-85(123)76(116)74(114)72(112)54(106)38-102)71(111)63(47)46-29-42(17-20-52(46)104)64(81(119)101-68)99-82(120)65(45)98-80(118)51(35-60(91)107)96-83(121)67(97-61(108)23-16-40(3)4)69(109)43-18-21-55(127-57)49(89)30-43/h17-22,29-34,40-41,51,54,59,62,64-70,72-76,78-79,87,92-93,95,102-106,109-117H,6-16,23-28,35-39H2,1-5H3,(H2,91,107)(H,94,123)(H,96,121)(H,97,108)(H,98,118)(H,99,120)(H,100,122)(H,101,119)(H,124,125)/t41-,51-,54+,59+,62-,64-,65+,66-,67+,68-,69+,70+,72+,73?,74-,75?,76+,78+,79+,87-,88?/m0/s1. The fraction of sp³-hybridized carbons (Fsp3) is 0.557. The minimum atomic E-state index is -2.42. The van der Waals surface area contributed by atoms with E-state index in [1.54, 1.807) is 6.92 Å². The number of unbranched alkanes of at least 4 members (excludes halogenated alkanes) is 7. The average Bonchev–Trinajstić information content (AvgIpc) is 0.772. The van der Waals surface area contributed by atoms with Gasteiger partial charge in [0, 0.05) is 55.7 Å². The number of hydrogen-bond acceptors (Lipinski definition) is 32. The second kappa shape index (κ2) is 47.1. The van der Waals surface area contributed by atoms with E-state index in [-0.39, 0.29) is 66.6 Å². The maximum atomic E-state index is 16.4. The molecule has 7 heterocycles. The molecule has 0 saturated carbocycles. The number of hydrogen-bond donors (Lipinski definition) is 26.